The van der Waals surface area contributed by atoms with Crippen molar-refractivity contribution in [3.8, 4) is 0 Å². The molecule has 1 unspecified atom stereocenters. The molecule has 0 radical (unpaired) electrons. The molecule has 0 aromatic heterocycles. The molecular formula is C10H19N3O2. The Morgan fingerprint density at radius 3 is 2.80 bits per heavy atom. The van der Waals surface area contributed by atoms with E-state index in [9.17, 15) is 9.59 Å². The van der Waals surface area contributed by atoms with E-state index in [4.69, 9.17) is 0 Å². The maximum absolute atomic E-state index is 11.5. The SMILES string of the molecule is CC(=O)N(C)CC(=O)NC1CCCNC1. The van der Waals surface area contributed by atoms with Crippen molar-refractivity contribution in [2.75, 3.05) is 26.7 Å². The number of likely N-dealkylation sites (N-methyl/N-ethyl adjacent to an activating group) is 1. The number of rotatable bonds is 3. The zero-order valence-corrected chi connectivity index (χ0v) is 9.38. The van der Waals surface area contributed by atoms with E-state index < -0.39 is 0 Å². The molecule has 0 aromatic rings. The van der Waals surface area contributed by atoms with Gasteiger partial charge in [-0.3, -0.25) is 9.59 Å². The summed E-state index contributed by atoms with van der Waals surface area (Å²) in [6.45, 7) is 3.45. The average Bonchev–Trinajstić information content (AvgIpc) is 2.18. The van der Waals surface area contributed by atoms with Crippen LogP contribution in [0.25, 0.3) is 0 Å². The summed E-state index contributed by atoms with van der Waals surface area (Å²) < 4.78 is 0. The molecule has 1 saturated heterocycles. The Bertz CT molecular complexity index is 237. The van der Waals surface area contributed by atoms with Crippen molar-refractivity contribution in [3.05, 3.63) is 0 Å². The summed E-state index contributed by atoms with van der Waals surface area (Å²) in [5.74, 6) is -0.173. The number of carbonyl (C=O) groups is 2. The maximum Gasteiger partial charge on any atom is 0.239 e. The smallest absolute Gasteiger partial charge is 0.239 e. The molecule has 2 N–H and O–H groups in total. The summed E-state index contributed by atoms with van der Waals surface area (Å²) >= 11 is 0. The molecule has 5 nitrogen and oxygen atoms in total. The molecule has 1 aliphatic heterocycles. The third kappa shape index (κ3) is 4.29. The van der Waals surface area contributed by atoms with Crippen LogP contribution in [0.1, 0.15) is 19.8 Å². The zero-order valence-electron chi connectivity index (χ0n) is 9.38. The fourth-order valence-corrected chi connectivity index (χ4v) is 1.58. The third-order valence-electron chi connectivity index (χ3n) is 2.58. The highest BCUT2D eigenvalue weighted by Gasteiger charge is 2.16. The third-order valence-corrected chi connectivity index (χ3v) is 2.58. The lowest BCUT2D eigenvalue weighted by Gasteiger charge is -2.24. The van der Waals surface area contributed by atoms with Crippen molar-refractivity contribution in [1.29, 1.82) is 0 Å². The highest BCUT2D eigenvalue weighted by molar-refractivity contribution is 5.83. The number of nitrogens with zero attached hydrogens (tertiary/aromatic N) is 1. The molecule has 1 atom stereocenters. The quantitative estimate of drug-likeness (QED) is 0.654. The van der Waals surface area contributed by atoms with Crippen LogP contribution in [0.3, 0.4) is 0 Å². The van der Waals surface area contributed by atoms with E-state index in [1.54, 1.807) is 7.05 Å². The molecule has 1 fully saturated rings. The van der Waals surface area contributed by atoms with Gasteiger partial charge in [0.1, 0.15) is 0 Å². The topological polar surface area (TPSA) is 61.4 Å². The van der Waals surface area contributed by atoms with Crippen LogP contribution in [0.15, 0.2) is 0 Å². The van der Waals surface area contributed by atoms with E-state index in [0.29, 0.717) is 0 Å². The van der Waals surface area contributed by atoms with Gasteiger partial charge in [0.05, 0.1) is 6.54 Å². The summed E-state index contributed by atoms with van der Waals surface area (Å²) in [6.07, 6.45) is 2.11. The fourth-order valence-electron chi connectivity index (χ4n) is 1.58. The molecule has 15 heavy (non-hydrogen) atoms. The monoisotopic (exact) mass is 213 g/mol. The van der Waals surface area contributed by atoms with E-state index in [0.717, 1.165) is 25.9 Å². The van der Waals surface area contributed by atoms with E-state index in [-0.39, 0.29) is 24.4 Å². The summed E-state index contributed by atoms with van der Waals surface area (Å²) in [5.41, 5.74) is 0. The Morgan fingerprint density at radius 1 is 1.53 bits per heavy atom. The normalized spacial score (nSPS) is 20.8. The number of amides is 2. The maximum atomic E-state index is 11.5. The molecule has 2 amide bonds. The Balaban J connectivity index is 2.25. The fraction of sp³-hybridized carbons (Fsp3) is 0.800. The van der Waals surface area contributed by atoms with Gasteiger partial charge in [-0.05, 0) is 19.4 Å². The molecule has 1 heterocycles. The van der Waals surface area contributed by atoms with Gasteiger partial charge in [0.15, 0.2) is 0 Å². The summed E-state index contributed by atoms with van der Waals surface area (Å²) in [6, 6.07) is 0.214. The van der Waals surface area contributed by atoms with Crippen LogP contribution in [-0.4, -0.2) is 49.4 Å². The number of hydrogen-bond acceptors (Lipinski definition) is 3. The van der Waals surface area contributed by atoms with Gasteiger partial charge in [0, 0.05) is 26.6 Å². The lowest BCUT2D eigenvalue weighted by atomic mass is 10.1. The summed E-state index contributed by atoms with van der Waals surface area (Å²) in [7, 11) is 1.63. The van der Waals surface area contributed by atoms with Crippen molar-refractivity contribution in [3.63, 3.8) is 0 Å². The Hall–Kier alpha value is -1.10. The van der Waals surface area contributed by atoms with Crippen LogP contribution in [0, 0.1) is 0 Å². The van der Waals surface area contributed by atoms with Gasteiger partial charge in [0.2, 0.25) is 11.8 Å². The van der Waals surface area contributed by atoms with Crippen LogP contribution in [0.2, 0.25) is 0 Å². The van der Waals surface area contributed by atoms with E-state index in [1.165, 1.54) is 11.8 Å². The van der Waals surface area contributed by atoms with Crippen molar-refractivity contribution in [1.82, 2.24) is 15.5 Å². The first kappa shape index (κ1) is 12.0. The van der Waals surface area contributed by atoms with Gasteiger partial charge < -0.3 is 15.5 Å². The van der Waals surface area contributed by atoms with Gasteiger partial charge >= 0.3 is 0 Å². The average molecular weight is 213 g/mol. The Labute approximate surface area is 90.2 Å². The molecule has 0 aliphatic carbocycles. The lowest BCUT2D eigenvalue weighted by molar-refractivity contribution is -0.133. The van der Waals surface area contributed by atoms with Gasteiger partial charge in [-0.25, -0.2) is 0 Å². The van der Waals surface area contributed by atoms with Gasteiger partial charge in [-0.15, -0.1) is 0 Å². The Morgan fingerprint density at radius 2 is 2.27 bits per heavy atom. The van der Waals surface area contributed by atoms with E-state index in [2.05, 4.69) is 10.6 Å². The highest BCUT2D eigenvalue weighted by atomic mass is 16.2. The van der Waals surface area contributed by atoms with E-state index >= 15 is 0 Å². The number of piperidine rings is 1. The van der Waals surface area contributed by atoms with Crippen molar-refractivity contribution < 1.29 is 9.59 Å². The minimum atomic E-state index is -0.0908. The Kier molecular flexibility index (Phi) is 4.55. The van der Waals surface area contributed by atoms with Crippen molar-refractivity contribution in [2.45, 2.75) is 25.8 Å². The van der Waals surface area contributed by atoms with Crippen LogP contribution >= 0.6 is 0 Å². The molecule has 1 rings (SSSR count). The number of carbonyl (C=O) groups excluding carboxylic acids is 2. The minimum Gasteiger partial charge on any atom is -0.351 e. The van der Waals surface area contributed by atoms with Gasteiger partial charge in [0.25, 0.3) is 0 Å². The molecule has 1 aliphatic rings. The first-order valence-electron chi connectivity index (χ1n) is 5.31. The molecular weight excluding hydrogens is 194 g/mol. The van der Waals surface area contributed by atoms with Crippen LogP contribution in [-0.2, 0) is 9.59 Å². The van der Waals surface area contributed by atoms with E-state index in [1.807, 2.05) is 0 Å². The van der Waals surface area contributed by atoms with Crippen molar-refractivity contribution >= 4 is 11.8 Å². The molecule has 0 spiro atoms. The summed E-state index contributed by atoms with van der Waals surface area (Å²) in [4.78, 5) is 23.8. The number of nitrogens with one attached hydrogen (secondary N) is 2. The molecule has 0 saturated carbocycles. The second-order valence-corrected chi connectivity index (χ2v) is 3.99. The van der Waals surface area contributed by atoms with Gasteiger partial charge in [-0.1, -0.05) is 0 Å². The van der Waals surface area contributed by atoms with Crippen LogP contribution in [0.4, 0.5) is 0 Å². The predicted octanol–water partition coefficient (Wildman–Crippen LogP) is -0.667. The minimum absolute atomic E-state index is 0.0820. The molecule has 5 heteroatoms. The second-order valence-electron chi connectivity index (χ2n) is 3.99. The second kappa shape index (κ2) is 5.70. The predicted molar refractivity (Wildman–Crippen MR) is 57.3 cm³/mol. The van der Waals surface area contributed by atoms with Crippen molar-refractivity contribution in [2.24, 2.45) is 0 Å². The van der Waals surface area contributed by atoms with Gasteiger partial charge in [-0.2, -0.15) is 0 Å². The first-order valence-corrected chi connectivity index (χ1v) is 5.31. The van der Waals surface area contributed by atoms with Crippen LogP contribution in [0.5, 0.6) is 0 Å². The summed E-state index contributed by atoms with van der Waals surface area (Å²) in [5, 5.41) is 6.13. The first-order chi connectivity index (χ1) is 7.09. The largest absolute Gasteiger partial charge is 0.351 e. The van der Waals surface area contributed by atoms with Crippen LogP contribution < -0.4 is 10.6 Å². The number of hydrogen-bond donors (Lipinski definition) is 2. The lowest BCUT2D eigenvalue weighted by Crippen LogP contribution is -2.48. The molecule has 0 bridgehead atoms. The highest BCUT2D eigenvalue weighted by Crippen LogP contribution is 2.00. The molecule has 0 aromatic carbocycles. The molecule has 86 valence electrons. The standard InChI is InChI=1S/C10H19N3O2/c1-8(14)13(2)7-10(15)12-9-4-3-5-11-6-9/h9,11H,3-7H2,1-2H3,(H,12,15). The zero-order chi connectivity index (χ0) is 11.3.